The largest absolute Gasteiger partial charge is 0.497 e. The summed E-state index contributed by atoms with van der Waals surface area (Å²) in [4.78, 5) is 14.7. The topological polar surface area (TPSA) is 74.6 Å². The van der Waals surface area contributed by atoms with E-state index in [0.717, 1.165) is 37.2 Å². The molecule has 3 rings (SSSR count). The van der Waals surface area contributed by atoms with Crippen molar-refractivity contribution in [3.05, 3.63) is 59.7 Å². The van der Waals surface area contributed by atoms with Gasteiger partial charge in [-0.15, -0.1) is 0 Å². The van der Waals surface area contributed by atoms with E-state index in [0.29, 0.717) is 24.3 Å². The van der Waals surface area contributed by atoms with E-state index in [1.54, 1.807) is 36.3 Å². The highest BCUT2D eigenvalue weighted by Crippen LogP contribution is 2.17. The first-order chi connectivity index (χ1) is 13.7. The highest BCUT2D eigenvalue weighted by molar-refractivity contribution is 5.89. The molecule has 1 heterocycles. The number of rotatable bonds is 7. The Labute approximate surface area is 165 Å². The van der Waals surface area contributed by atoms with Crippen LogP contribution in [0.4, 0.5) is 10.5 Å². The van der Waals surface area contributed by atoms with E-state index < -0.39 is 0 Å². The molecule has 1 aliphatic rings. The molecular weight excluding hydrogens is 354 g/mol. The van der Waals surface area contributed by atoms with Crippen LogP contribution < -0.4 is 10.1 Å². The third-order valence-electron chi connectivity index (χ3n) is 4.83. The summed E-state index contributed by atoms with van der Waals surface area (Å²) in [7, 11) is 1.64. The summed E-state index contributed by atoms with van der Waals surface area (Å²) in [6.07, 6.45) is 2.84. The number of methoxy groups -OCH3 is 1. The van der Waals surface area contributed by atoms with Crippen LogP contribution in [0.5, 0.6) is 5.75 Å². The van der Waals surface area contributed by atoms with E-state index in [1.807, 2.05) is 24.3 Å². The number of anilines is 1. The first-order valence-electron chi connectivity index (χ1n) is 9.48. The third kappa shape index (κ3) is 5.48. The molecule has 2 aromatic carbocycles. The van der Waals surface area contributed by atoms with Gasteiger partial charge in [-0.3, -0.25) is 0 Å². The third-order valence-corrected chi connectivity index (χ3v) is 4.83. The monoisotopic (exact) mass is 379 g/mol. The summed E-state index contributed by atoms with van der Waals surface area (Å²) < 4.78 is 10.9. The van der Waals surface area contributed by atoms with Gasteiger partial charge in [0.15, 0.2) is 0 Å². The first-order valence-corrected chi connectivity index (χ1v) is 9.48. The number of hydrogen-bond acceptors (Lipinski definition) is 4. The molecule has 146 valence electrons. The van der Waals surface area contributed by atoms with Gasteiger partial charge >= 0.3 is 6.03 Å². The molecule has 0 saturated carbocycles. The summed E-state index contributed by atoms with van der Waals surface area (Å²) in [5, 5.41) is 11.8. The number of ether oxygens (including phenoxy) is 2. The fourth-order valence-electron chi connectivity index (χ4n) is 3.20. The lowest BCUT2D eigenvalue weighted by Gasteiger charge is -2.26. The van der Waals surface area contributed by atoms with E-state index in [9.17, 15) is 4.79 Å². The van der Waals surface area contributed by atoms with E-state index >= 15 is 0 Å². The molecule has 0 unspecified atom stereocenters. The highest BCUT2D eigenvalue weighted by atomic mass is 16.5. The second-order valence-corrected chi connectivity index (χ2v) is 6.80. The fourth-order valence-corrected chi connectivity index (χ4v) is 3.20. The predicted molar refractivity (Wildman–Crippen MR) is 107 cm³/mol. The van der Waals surface area contributed by atoms with Crippen LogP contribution in [0.1, 0.15) is 24.0 Å². The Bertz CT molecular complexity index is 806. The number of carbonyl (C=O) groups is 1. The molecule has 2 aromatic rings. The van der Waals surface area contributed by atoms with Gasteiger partial charge in [-0.2, -0.15) is 5.26 Å². The van der Waals surface area contributed by atoms with Gasteiger partial charge < -0.3 is 19.7 Å². The number of nitrogens with one attached hydrogen (secondary N) is 1. The minimum absolute atomic E-state index is 0.0857. The molecule has 1 aliphatic heterocycles. The van der Waals surface area contributed by atoms with E-state index in [2.05, 4.69) is 11.4 Å². The van der Waals surface area contributed by atoms with Crippen LogP contribution in [-0.4, -0.2) is 43.8 Å². The molecule has 0 aromatic heterocycles. The SMILES string of the molecule is COc1ccc(CCN(C[C@@H]2CCCO2)C(=O)Nc2ccc(C#N)cc2)cc1. The number of carbonyl (C=O) groups excluding carboxylic acids is 1. The molecule has 1 saturated heterocycles. The first kappa shape index (κ1) is 19.7. The smallest absolute Gasteiger partial charge is 0.321 e. The van der Waals surface area contributed by atoms with Gasteiger partial charge in [0.05, 0.1) is 24.8 Å². The van der Waals surface area contributed by atoms with Gasteiger partial charge in [-0.05, 0) is 61.2 Å². The summed E-state index contributed by atoms with van der Waals surface area (Å²) >= 11 is 0. The molecule has 0 bridgehead atoms. The molecule has 1 N–H and O–H groups in total. The van der Waals surface area contributed by atoms with E-state index in [-0.39, 0.29) is 12.1 Å². The summed E-state index contributed by atoms with van der Waals surface area (Å²) in [6, 6.07) is 16.7. The maximum absolute atomic E-state index is 12.9. The molecule has 1 atom stereocenters. The maximum atomic E-state index is 12.9. The van der Waals surface area contributed by atoms with Crippen molar-refractivity contribution < 1.29 is 14.3 Å². The lowest BCUT2D eigenvalue weighted by atomic mass is 10.1. The molecule has 0 aliphatic carbocycles. The van der Waals surface area contributed by atoms with Crippen molar-refractivity contribution >= 4 is 11.7 Å². The highest BCUT2D eigenvalue weighted by Gasteiger charge is 2.22. The summed E-state index contributed by atoms with van der Waals surface area (Å²) in [5.74, 6) is 0.818. The lowest BCUT2D eigenvalue weighted by Crippen LogP contribution is -2.41. The van der Waals surface area contributed by atoms with Crippen LogP contribution in [0.2, 0.25) is 0 Å². The quantitative estimate of drug-likeness (QED) is 0.793. The number of benzene rings is 2. The number of hydrogen-bond donors (Lipinski definition) is 1. The van der Waals surface area contributed by atoms with Crippen molar-refractivity contribution in [1.82, 2.24) is 4.90 Å². The zero-order valence-electron chi connectivity index (χ0n) is 16.1. The van der Waals surface area contributed by atoms with Gasteiger partial charge in [-0.25, -0.2) is 4.79 Å². The number of urea groups is 1. The van der Waals surface area contributed by atoms with Crippen molar-refractivity contribution in [3.8, 4) is 11.8 Å². The summed E-state index contributed by atoms with van der Waals surface area (Å²) in [6.45, 7) is 1.92. The predicted octanol–water partition coefficient (Wildman–Crippen LogP) is 3.82. The average molecular weight is 379 g/mol. The van der Waals surface area contributed by atoms with Gasteiger partial charge in [0.1, 0.15) is 5.75 Å². The number of nitrogens with zero attached hydrogens (tertiary/aromatic N) is 2. The van der Waals surface area contributed by atoms with Crippen LogP contribution in [0, 0.1) is 11.3 Å². The molecular formula is C22H25N3O3. The van der Waals surface area contributed by atoms with Crippen LogP contribution in [0.25, 0.3) is 0 Å². The molecule has 0 spiro atoms. The lowest BCUT2D eigenvalue weighted by molar-refractivity contribution is 0.0839. The van der Waals surface area contributed by atoms with Crippen LogP contribution in [0.15, 0.2) is 48.5 Å². The van der Waals surface area contributed by atoms with Crippen molar-refractivity contribution in [1.29, 1.82) is 5.26 Å². The molecule has 1 fully saturated rings. The van der Waals surface area contributed by atoms with Gasteiger partial charge in [0.2, 0.25) is 0 Å². The Balaban J connectivity index is 1.63. The molecule has 2 amide bonds. The normalized spacial score (nSPS) is 15.6. The minimum Gasteiger partial charge on any atom is -0.497 e. The van der Waals surface area contributed by atoms with Crippen LogP contribution in [0.3, 0.4) is 0 Å². The van der Waals surface area contributed by atoms with Crippen LogP contribution in [-0.2, 0) is 11.2 Å². The van der Waals surface area contributed by atoms with Gasteiger partial charge in [-0.1, -0.05) is 12.1 Å². The Kier molecular flexibility index (Phi) is 6.88. The zero-order chi connectivity index (χ0) is 19.8. The second kappa shape index (κ2) is 9.77. The van der Waals surface area contributed by atoms with Gasteiger partial charge in [0, 0.05) is 25.4 Å². The number of nitriles is 1. The Morgan fingerprint density at radius 2 is 2.00 bits per heavy atom. The minimum atomic E-state index is -0.159. The molecule has 0 radical (unpaired) electrons. The zero-order valence-corrected chi connectivity index (χ0v) is 16.1. The summed E-state index contributed by atoms with van der Waals surface area (Å²) in [5.41, 5.74) is 2.38. The Morgan fingerprint density at radius 1 is 1.25 bits per heavy atom. The molecule has 28 heavy (non-hydrogen) atoms. The van der Waals surface area contributed by atoms with Crippen molar-refractivity contribution in [2.45, 2.75) is 25.4 Å². The molecule has 6 heteroatoms. The van der Waals surface area contributed by atoms with Crippen molar-refractivity contribution in [2.24, 2.45) is 0 Å². The van der Waals surface area contributed by atoms with E-state index in [1.165, 1.54) is 0 Å². The van der Waals surface area contributed by atoms with Gasteiger partial charge in [0.25, 0.3) is 0 Å². The van der Waals surface area contributed by atoms with E-state index in [4.69, 9.17) is 14.7 Å². The maximum Gasteiger partial charge on any atom is 0.321 e. The fraction of sp³-hybridized carbons (Fsp3) is 0.364. The Morgan fingerprint density at radius 3 is 2.61 bits per heavy atom. The van der Waals surface area contributed by atoms with Crippen molar-refractivity contribution in [3.63, 3.8) is 0 Å². The number of amides is 2. The molecule has 6 nitrogen and oxygen atoms in total. The Hall–Kier alpha value is -3.04. The van der Waals surface area contributed by atoms with Crippen molar-refractivity contribution in [2.75, 3.05) is 32.1 Å². The second-order valence-electron chi connectivity index (χ2n) is 6.80. The average Bonchev–Trinajstić information content (AvgIpc) is 3.25. The standard InChI is InChI=1S/C22H25N3O3/c1-27-20-10-6-17(7-11-20)12-13-25(16-21-3-2-14-28-21)22(26)24-19-8-4-18(15-23)5-9-19/h4-11,21H,2-3,12-14,16H2,1H3,(H,24,26)/t21-/m0/s1. The van der Waals surface area contributed by atoms with Crippen LogP contribution >= 0.6 is 0 Å².